The third-order valence-electron chi connectivity index (χ3n) is 6.45. The van der Waals surface area contributed by atoms with E-state index in [1.165, 1.54) is 23.9 Å². The lowest BCUT2D eigenvalue weighted by molar-refractivity contribution is -0.117. The Morgan fingerprint density at radius 1 is 1.07 bits per heavy atom. The normalized spacial score (nSPS) is 18.1. The van der Waals surface area contributed by atoms with E-state index in [-0.39, 0.29) is 13.2 Å². The van der Waals surface area contributed by atoms with Crippen LogP contribution in [0, 0.1) is 5.82 Å². The van der Waals surface area contributed by atoms with Crippen LogP contribution in [0.1, 0.15) is 29.1 Å². The highest BCUT2D eigenvalue weighted by Gasteiger charge is 2.39. The number of carbonyl (C=O) groups is 2. The van der Waals surface area contributed by atoms with Gasteiger partial charge in [-0.15, -0.1) is 0 Å². The van der Waals surface area contributed by atoms with Gasteiger partial charge in [-0.05, 0) is 60.5 Å². The van der Waals surface area contributed by atoms with Crippen molar-refractivity contribution in [2.45, 2.75) is 37.6 Å². The number of furan rings is 1. The average molecular weight is 589 g/mol. The number of alkyl carbamates (subject to hydrolysis) is 1. The zero-order valence-electron chi connectivity index (χ0n) is 22.6. The Morgan fingerprint density at radius 3 is 2.57 bits per heavy atom. The van der Waals surface area contributed by atoms with Gasteiger partial charge >= 0.3 is 6.09 Å². The number of aliphatic hydroxyl groups excluding tert-OH is 1. The molecule has 0 spiro atoms. The number of nitrogens with one attached hydrogen (secondary N) is 2. The van der Waals surface area contributed by atoms with E-state index >= 15 is 0 Å². The highest BCUT2D eigenvalue weighted by atomic mass is 32.2. The minimum Gasteiger partial charge on any atom is -0.467 e. The fraction of sp³-hybridized carbons (Fsp3) is 0.194. The van der Waals surface area contributed by atoms with Gasteiger partial charge in [0.1, 0.15) is 30.5 Å². The summed E-state index contributed by atoms with van der Waals surface area (Å²) in [6, 6.07) is 25.0. The van der Waals surface area contributed by atoms with Crippen LogP contribution in [0.25, 0.3) is 0 Å². The number of carbonyl (C=O) groups excluding carboxylic acids is 2. The Kier molecular flexibility index (Phi) is 9.20. The van der Waals surface area contributed by atoms with E-state index in [0.717, 1.165) is 11.1 Å². The summed E-state index contributed by atoms with van der Waals surface area (Å²) in [5, 5.41) is 16.7. The van der Waals surface area contributed by atoms with Crippen molar-refractivity contribution >= 4 is 40.3 Å². The molecule has 2 amide bonds. The number of rotatable bonds is 9. The second-order valence-corrected chi connectivity index (χ2v) is 10.7. The summed E-state index contributed by atoms with van der Waals surface area (Å²) in [5.41, 5.74) is 2.59. The third-order valence-corrected chi connectivity index (χ3v) is 7.76. The molecule has 1 aromatic heterocycles. The number of hydrogen-bond donors (Lipinski definition) is 3. The molecule has 1 saturated heterocycles. The Hall–Kier alpha value is -4.61. The number of amides is 2. The van der Waals surface area contributed by atoms with Gasteiger partial charge in [0.15, 0.2) is 5.17 Å². The molecule has 5 rings (SSSR count). The second kappa shape index (κ2) is 13.4. The van der Waals surface area contributed by atoms with Crippen molar-refractivity contribution in [1.82, 2.24) is 10.2 Å². The lowest BCUT2D eigenvalue weighted by Gasteiger charge is -2.23. The lowest BCUT2D eigenvalue weighted by Crippen LogP contribution is -2.41. The summed E-state index contributed by atoms with van der Waals surface area (Å²) in [4.78, 5) is 31.1. The molecule has 1 fully saturated rings. The summed E-state index contributed by atoms with van der Waals surface area (Å²) >= 11 is 1.35. The third kappa shape index (κ3) is 7.36. The van der Waals surface area contributed by atoms with Gasteiger partial charge in [0.05, 0.1) is 23.7 Å². The fourth-order valence-electron chi connectivity index (χ4n) is 4.25. The molecule has 0 aliphatic carbocycles. The number of ether oxygens (including phenoxy) is 1. The summed E-state index contributed by atoms with van der Waals surface area (Å²) < 4.78 is 24.5. The molecular weight excluding hydrogens is 559 g/mol. The molecule has 0 radical (unpaired) electrons. The van der Waals surface area contributed by atoms with Crippen molar-refractivity contribution in [2.75, 3.05) is 5.32 Å². The van der Waals surface area contributed by atoms with Crippen LogP contribution in [-0.4, -0.2) is 39.4 Å². The van der Waals surface area contributed by atoms with Crippen LogP contribution in [-0.2, 0) is 22.7 Å². The van der Waals surface area contributed by atoms with Gasteiger partial charge < -0.3 is 29.8 Å². The minimum absolute atomic E-state index is 0.0983. The zero-order valence-corrected chi connectivity index (χ0v) is 23.5. The van der Waals surface area contributed by atoms with Crippen molar-refractivity contribution in [2.24, 2.45) is 4.99 Å². The maximum Gasteiger partial charge on any atom is 0.408 e. The number of thioether (sulfide) groups is 1. The number of hydrogen-bond acceptors (Lipinski definition) is 7. The minimum atomic E-state index is -0.945. The Balaban J connectivity index is 1.22. The van der Waals surface area contributed by atoms with Crippen molar-refractivity contribution in [3.8, 4) is 0 Å². The molecule has 2 unspecified atom stereocenters. The van der Waals surface area contributed by atoms with Crippen LogP contribution in [0.4, 0.5) is 20.6 Å². The number of aliphatic imine (C=N–C) groups is 1. The van der Waals surface area contributed by atoms with Crippen molar-refractivity contribution in [3.05, 3.63) is 120 Å². The summed E-state index contributed by atoms with van der Waals surface area (Å²) in [6.07, 6.45) is -0.0825. The standard InChI is InChI=1S/C31H29FN4O5S/c1-20(33-31(39)41-19-21-7-3-2-4-8-21)28(37)34-24-14-12-22(13-15-24)27-29(38)36(18-26-11-6-16-40-26)30(42-27)35-25-10-5-9-23(32)17-25/h2-17,20,27,29,38H,18-19H2,1H3,(H,33,39)(H,34,37)/t20-,27?,29?/m0/s1. The first-order chi connectivity index (χ1) is 20.4. The van der Waals surface area contributed by atoms with Gasteiger partial charge in [-0.3, -0.25) is 4.79 Å². The molecule has 0 bridgehead atoms. The first-order valence-corrected chi connectivity index (χ1v) is 14.1. The Labute approximate surface area is 246 Å². The zero-order chi connectivity index (χ0) is 29.5. The number of amidine groups is 1. The number of nitrogens with zero attached hydrogens (tertiary/aromatic N) is 2. The van der Waals surface area contributed by atoms with Crippen LogP contribution in [0.5, 0.6) is 0 Å². The molecule has 2 heterocycles. The van der Waals surface area contributed by atoms with Crippen molar-refractivity contribution in [3.63, 3.8) is 0 Å². The van der Waals surface area contributed by atoms with E-state index in [1.54, 1.807) is 66.6 Å². The molecule has 3 atom stereocenters. The number of anilines is 1. The first kappa shape index (κ1) is 28.9. The first-order valence-electron chi connectivity index (χ1n) is 13.2. The van der Waals surface area contributed by atoms with Gasteiger partial charge in [0.2, 0.25) is 5.91 Å². The highest BCUT2D eigenvalue weighted by Crippen LogP contribution is 2.44. The van der Waals surface area contributed by atoms with Gasteiger partial charge in [0.25, 0.3) is 0 Å². The van der Waals surface area contributed by atoms with E-state index < -0.39 is 35.3 Å². The van der Waals surface area contributed by atoms with Crippen molar-refractivity contribution in [1.29, 1.82) is 0 Å². The topological polar surface area (TPSA) is 116 Å². The van der Waals surface area contributed by atoms with E-state index in [2.05, 4.69) is 15.6 Å². The SMILES string of the molecule is C[C@H](NC(=O)OCc1ccccc1)C(=O)Nc1ccc(C2SC(=Nc3cccc(F)c3)N(Cc3ccco3)C2O)cc1. The van der Waals surface area contributed by atoms with Crippen LogP contribution in [0.15, 0.2) is 107 Å². The molecule has 42 heavy (non-hydrogen) atoms. The number of halogens is 1. The van der Waals surface area contributed by atoms with Crippen LogP contribution in [0.2, 0.25) is 0 Å². The monoisotopic (exact) mass is 588 g/mol. The Bertz CT molecular complexity index is 1530. The van der Waals surface area contributed by atoms with E-state index in [0.29, 0.717) is 22.3 Å². The Morgan fingerprint density at radius 2 is 1.86 bits per heavy atom. The van der Waals surface area contributed by atoms with Gasteiger partial charge in [0, 0.05) is 5.69 Å². The van der Waals surface area contributed by atoms with Gasteiger partial charge in [-0.2, -0.15) is 0 Å². The fourth-order valence-corrected chi connectivity index (χ4v) is 5.51. The van der Waals surface area contributed by atoms with Crippen LogP contribution >= 0.6 is 11.8 Å². The quantitative estimate of drug-likeness (QED) is 0.221. The molecule has 0 saturated carbocycles. The molecular formula is C31H29FN4O5S. The molecule has 1 aliphatic heterocycles. The largest absolute Gasteiger partial charge is 0.467 e. The predicted octanol–water partition coefficient (Wildman–Crippen LogP) is 5.97. The molecule has 9 nitrogen and oxygen atoms in total. The summed E-state index contributed by atoms with van der Waals surface area (Å²) in [7, 11) is 0. The van der Waals surface area contributed by atoms with E-state index in [9.17, 15) is 19.1 Å². The van der Waals surface area contributed by atoms with Gasteiger partial charge in [-0.25, -0.2) is 14.2 Å². The van der Waals surface area contributed by atoms with Gasteiger partial charge in [-0.1, -0.05) is 60.3 Å². The molecule has 3 aromatic carbocycles. The maximum atomic E-state index is 13.8. The van der Waals surface area contributed by atoms with Crippen molar-refractivity contribution < 1.29 is 28.2 Å². The van der Waals surface area contributed by atoms with E-state index in [1.807, 2.05) is 30.3 Å². The van der Waals surface area contributed by atoms with Crippen LogP contribution in [0.3, 0.4) is 0 Å². The smallest absolute Gasteiger partial charge is 0.408 e. The predicted molar refractivity (Wildman–Crippen MR) is 158 cm³/mol. The number of benzene rings is 3. The van der Waals surface area contributed by atoms with E-state index in [4.69, 9.17) is 9.15 Å². The summed E-state index contributed by atoms with van der Waals surface area (Å²) in [6.45, 7) is 1.94. The highest BCUT2D eigenvalue weighted by molar-refractivity contribution is 8.14. The second-order valence-electron chi connectivity index (χ2n) is 9.57. The molecule has 11 heteroatoms. The molecule has 1 aliphatic rings. The molecule has 4 aromatic rings. The van der Waals surface area contributed by atoms with Crippen LogP contribution < -0.4 is 10.6 Å². The summed E-state index contributed by atoms with van der Waals surface area (Å²) in [5.74, 6) is -0.170. The number of aliphatic hydroxyl groups is 1. The molecule has 3 N–H and O–H groups in total. The lowest BCUT2D eigenvalue weighted by atomic mass is 10.1. The molecule has 216 valence electrons. The maximum absolute atomic E-state index is 13.8. The average Bonchev–Trinajstić information content (AvgIpc) is 3.61.